The Morgan fingerprint density at radius 1 is 1.19 bits per heavy atom. The highest BCUT2D eigenvalue weighted by Crippen LogP contribution is 2.28. The minimum atomic E-state index is -5.89. The number of rotatable bonds is 4. The van der Waals surface area contributed by atoms with Gasteiger partial charge in [0.05, 0.1) is 11.3 Å². The van der Waals surface area contributed by atoms with E-state index in [0.717, 1.165) is 10.9 Å². The number of aldehydes is 1. The Labute approximate surface area is 116 Å². The van der Waals surface area contributed by atoms with Crippen molar-refractivity contribution in [2.24, 2.45) is 0 Å². The van der Waals surface area contributed by atoms with Gasteiger partial charge >= 0.3 is 15.6 Å². The summed E-state index contributed by atoms with van der Waals surface area (Å²) in [6.07, 6.45) is 1.21. The lowest BCUT2D eigenvalue weighted by atomic mass is 10.3. The third-order valence-electron chi connectivity index (χ3n) is 2.33. The number of halogens is 3. The van der Waals surface area contributed by atoms with Crippen LogP contribution in [-0.2, 0) is 10.1 Å². The first-order valence-corrected chi connectivity index (χ1v) is 6.76. The van der Waals surface area contributed by atoms with Crippen molar-refractivity contribution in [2.75, 3.05) is 0 Å². The molecule has 0 aliphatic heterocycles. The third-order valence-corrected chi connectivity index (χ3v) is 3.27. The lowest BCUT2D eigenvalue weighted by Crippen LogP contribution is -2.28. The molecule has 0 saturated carbocycles. The number of aromatic nitrogens is 2. The molecule has 1 heterocycles. The molecule has 1 aromatic carbocycles. The summed E-state index contributed by atoms with van der Waals surface area (Å²) >= 11 is 0. The molecule has 21 heavy (non-hydrogen) atoms. The Hall–Kier alpha value is -2.36. The summed E-state index contributed by atoms with van der Waals surface area (Å²) in [4.78, 5) is 10.8. The van der Waals surface area contributed by atoms with E-state index >= 15 is 0 Å². The highest BCUT2D eigenvalue weighted by molar-refractivity contribution is 7.87. The number of nitrogens with zero attached hydrogens (tertiary/aromatic N) is 2. The molecule has 0 spiro atoms. The second kappa shape index (κ2) is 5.20. The fourth-order valence-corrected chi connectivity index (χ4v) is 1.81. The van der Waals surface area contributed by atoms with E-state index in [0.29, 0.717) is 5.69 Å². The molecule has 0 unspecified atom stereocenters. The summed E-state index contributed by atoms with van der Waals surface area (Å²) in [5, 5.41) is 3.53. The Bertz CT molecular complexity index is 754. The van der Waals surface area contributed by atoms with Crippen LogP contribution in [0.4, 0.5) is 13.2 Å². The molecule has 0 fully saturated rings. The molecule has 0 amide bonds. The molecule has 2 rings (SSSR count). The molecule has 0 N–H and O–H groups in total. The van der Waals surface area contributed by atoms with Gasteiger partial charge in [0.1, 0.15) is 0 Å². The van der Waals surface area contributed by atoms with Gasteiger partial charge in [-0.15, -0.1) is 5.10 Å². The van der Waals surface area contributed by atoms with Crippen molar-refractivity contribution < 1.29 is 30.6 Å². The second-order valence-corrected chi connectivity index (χ2v) is 5.31. The van der Waals surface area contributed by atoms with Crippen LogP contribution in [0.3, 0.4) is 0 Å². The molecule has 0 radical (unpaired) electrons. The standard InChI is InChI=1S/C11H7F3N2O4S/c12-11(13,14)21(18,19)20-10-8(7-17)6-16(15-10)9-4-2-1-3-5-9/h1-7H. The molecule has 0 bridgehead atoms. The van der Waals surface area contributed by atoms with Gasteiger partial charge < -0.3 is 4.18 Å². The topological polar surface area (TPSA) is 78.3 Å². The molecule has 1 aromatic heterocycles. The average Bonchev–Trinajstić information content (AvgIpc) is 2.81. The molecule has 6 nitrogen and oxygen atoms in total. The van der Waals surface area contributed by atoms with E-state index in [2.05, 4.69) is 9.28 Å². The van der Waals surface area contributed by atoms with Crippen LogP contribution in [0.25, 0.3) is 5.69 Å². The van der Waals surface area contributed by atoms with Crippen LogP contribution in [0.5, 0.6) is 5.88 Å². The highest BCUT2D eigenvalue weighted by atomic mass is 32.2. The van der Waals surface area contributed by atoms with Gasteiger partial charge in [0.25, 0.3) is 5.88 Å². The van der Waals surface area contributed by atoms with Gasteiger partial charge in [-0.25, -0.2) is 4.68 Å². The van der Waals surface area contributed by atoms with Gasteiger partial charge in [0.15, 0.2) is 6.29 Å². The first-order chi connectivity index (χ1) is 9.74. The monoisotopic (exact) mass is 320 g/mol. The van der Waals surface area contributed by atoms with Crippen molar-refractivity contribution in [2.45, 2.75) is 5.51 Å². The van der Waals surface area contributed by atoms with Crippen LogP contribution in [-0.4, -0.2) is 30.0 Å². The van der Waals surface area contributed by atoms with Crippen LogP contribution < -0.4 is 4.18 Å². The minimum absolute atomic E-state index is 0.146. The van der Waals surface area contributed by atoms with Gasteiger partial charge in [-0.2, -0.15) is 21.6 Å². The number of hydrogen-bond donors (Lipinski definition) is 0. The van der Waals surface area contributed by atoms with Crippen LogP contribution in [0.1, 0.15) is 10.4 Å². The fraction of sp³-hybridized carbons (Fsp3) is 0.0909. The van der Waals surface area contributed by atoms with Crippen LogP contribution in [0.2, 0.25) is 0 Å². The predicted molar refractivity (Wildman–Crippen MR) is 64.6 cm³/mol. The van der Waals surface area contributed by atoms with Gasteiger partial charge in [-0.05, 0) is 12.1 Å². The number of carbonyl (C=O) groups excluding carboxylic acids is 1. The molecule has 0 atom stereocenters. The van der Waals surface area contributed by atoms with E-state index in [1.54, 1.807) is 30.3 Å². The number of para-hydroxylation sites is 1. The van der Waals surface area contributed by atoms with Gasteiger partial charge in [-0.3, -0.25) is 4.79 Å². The predicted octanol–water partition coefficient (Wildman–Crippen LogP) is 1.91. The van der Waals surface area contributed by atoms with Gasteiger partial charge in [0.2, 0.25) is 0 Å². The Morgan fingerprint density at radius 2 is 1.81 bits per heavy atom. The zero-order valence-electron chi connectivity index (χ0n) is 10.1. The fourth-order valence-electron chi connectivity index (χ4n) is 1.38. The SMILES string of the molecule is O=Cc1cn(-c2ccccc2)nc1OS(=O)(=O)C(F)(F)F. The lowest BCUT2D eigenvalue weighted by Gasteiger charge is -2.07. The summed E-state index contributed by atoms with van der Waals surface area (Å²) in [5.74, 6) is -0.939. The molecule has 112 valence electrons. The zero-order chi connectivity index (χ0) is 15.7. The minimum Gasteiger partial charge on any atom is -0.353 e. The van der Waals surface area contributed by atoms with E-state index in [9.17, 15) is 26.4 Å². The van der Waals surface area contributed by atoms with E-state index in [4.69, 9.17) is 0 Å². The van der Waals surface area contributed by atoms with E-state index < -0.39 is 27.1 Å². The number of alkyl halides is 3. The average molecular weight is 320 g/mol. The van der Waals surface area contributed by atoms with E-state index in [-0.39, 0.29) is 6.29 Å². The van der Waals surface area contributed by atoms with Crippen LogP contribution in [0.15, 0.2) is 36.5 Å². The van der Waals surface area contributed by atoms with Crippen LogP contribution >= 0.6 is 0 Å². The molecule has 2 aromatic rings. The summed E-state index contributed by atoms with van der Waals surface area (Å²) in [5.41, 5.74) is -5.62. The lowest BCUT2D eigenvalue weighted by molar-refractivity contribution is -0.0501. The Morgan fingerprint density at radius 3 is 2.33 bits per heavy atom. The first-order valence-electron chi connectivity index (χ1n) is 5.35. The van der Waals surface area contributed by atoms with Gasteiger partial charge in [0, 0.05) is 6.20 Å². The summed E-state index contributed by atoms with van der Waals surface area (Å²) in [6, 6.07) is 8.07. The second-order valence-electron chi connectivity index (χ2n) is 3.77. The summed E-state index contributed by atoms with van der Waals surface area (Å²) in [6.45, 7) is 0. The van der Waals surface area contributed by atoms with Crippen molar-refractivity contribution >= 4 is 16.4 Å². The molecular weight excluding hydrogens is 313 g/mol. The number of hydrogen-bond acceptors (Lipinski definition) is 5. The molecule has 10 heteroatoms. The first kappa shape index (κ1) is 15.0. The maximum Gasteiger partial charge on any atom is 0.534 e. The van der Waals surface area contributed by atoms with E-state index in [1.807, 2.05) is 0 Å². The van der Waals surface area contributed by atoms with Crippen molar-refractivity contribution in [3.8, 4) is 11.6 Å². The van der Waals surface area contributed by atoms with Crippen molar-refractivity contribution in [1.82, 2.24) is 9.78 Å². The van der Waals surface area contributed by atoms with Gasteiger partial charge in [-0.1, -0.05) is 18.2 Å². The third kappa shape index (κ3) is 3.05. The molecule has 0 aliphatic carbocycles. The van der Waals surface area contributed by atoms with E-state index in [1.165, 1.54) is 0 Å². The number of benzene rings is 1. The molecule has 0 saturated heterocycles. The highest BCUT2D eigenvalue weighted by Gasteiger charge is 2.49. The summed E-state index contributed by atoms with van der Waals surface area (Å²) in [7, 11) is -5.89. The van der Waals surface area contributed by atoms with Crippen LogP contribution in [0, 0.1) is 0 Å². The quantitative estimate of drug-likeness (QED) is 0.488. The smallest absolute Gasteiger partial charge is 0.353 e. The number of carbonyl (C=O) groups is 1. The van der Waals surface area contributed by atoms with Crippen molar-refractivity contribution in [3.05, 3.63) is 42.1 Å². The molecule has 0 aliphatic rings. The zero-order valence-corrected chi connectivity index (χ0v) is 10.9. The Kier molecular flexibility index (Phi) is 3.73. The summed E-state index contributed by atoms with van der Waals surface area (Å²) < 4.78 is 63.5. The van der Waals surface area contributed by atoms with Crippen molar-refractivity contribution in [3.63, 3.8) is 0 Å². The maximum absolute atomic E-state index is 12.2. The largest absolute Gasteiger partial charge is 0.534 e. The normalized spacial score (nSPS) is 12.1. The molecular formula is C11H7F3N2O4S. The maximum atomic E-state index is 12.2. The van der Waals surface area contributed by atoms with Crippen molar-refractivity contribution in [1.29, 1.82) is 0 Å². The Balaban J connectivity index is 2.42.